The Hall–Kier alpha value is -2.21. The zero-order chi connectivity index (χ0) is 15.4. The molecule has 3 rings (SSSR count). The van der Waals surface area contributed by atoms with Gasteiger partial charge in [0.25, 0.3) is 0 Å². The van der Waals surface area contributed by atoms with E-state index in [1.165, 1.54) is 4.68 Å². The van der Waals surface area contributed by atoms with Gasteiger partial charge in [0.05, 0.1) is 18.3 Å². The van der Waals surface area contributed by atoms with Crippen LogP contribution in [0.4, 0.5) is 0 Å². The Bertz CT molecular complexity index is 626. The molecule has 1 saturated carbocycles. The Balaban J connectivity index is 1.59. The minimum Gasteiger partial charge on any atom is -0.391 e. The summed E-state index contributed by atoms with van der Waals surface area (Å²) in [5.41, 5.74) is 1.71. The molecule has 1 aliphatic rings. The van der Waals surface area contributed by atoms with Crippen molar-refractivity contribution in [3.63, 3.8) is 0 Å². The van der Waals surface area contributed by atoms with E-state index in [1.54, 1.807) is 6.20 Å². The number of amides is 1. The van der Waals surface area contributed by atoms with Crippen LogP contribution in [-0.2, 0) is 11.3 Å². The molecule has 0 bridgehead atoms. The van der Waals surface area contributed by atoms with Crippen molar-refractivity contribution in [2.24, 2.45) is 0 Å². The van der Waals surface area contributed by atoms with Crippen molar-refractivity contribution >= 4 is 5.91 Å². The Labute approximate surface area is 129 Å². The summed E-state index contributed by atoms with van der Waals surface area (Å²) in [6.45, 7) is 0.114. The summed E-state index contributed by atoms with van der Waals surface area (Å²) in [5, 5.41) is 20.8. The van der Waals surface area contributed by atoms with Crippen molar-refractivity contribution in [3.05, 3.63) is 36.5 Å². The quantitative estimate of drug-likeness (QED) is 0.893. The number of carbonyl (C=O) groups is 1. The smallest absolute Gasteiger partial charge is 0.242 e. The molecule has 2 aromatic rings. The molecule has 1 heterocycles. The number of aliphatic hydroxyl groups is 1. The van der Waals surface area contributed by atoms with Gasteiger partial charge in [-0.25, -0.2) is 4.68 Å². The van der Waals surface area contributed by atoms with Gasteiger partial charge in [0.15, 0.2) is 0 Å². The molecule has 0 spiro atoms. The fraction of sp³-hybridized carbons (Fsp3) is 0.438. The predicted molar refractivity (Wildman–Crippen MR) is 81.9 cm³/mol. The van der Waals surface area contributed by atoms with Gasteiger partial charge in [-0.2, -0.15) is 0 Å². The third-order valence-electron chi connectivity index (χ3n) is 3.99. The van der Waals surface area contributed by atoms with E-state index in [-0.39, 0.29) is 18.5 Å². The largest absolute Gasteiger partial charge is 0.391 e. The van der Waals surface area contributed by atoms with Gasteiger partial charge in [-0.05, 0) is 12.8 Å². The lowest BCUT2D eigenvalue weighted by molar-refractivity contribution is -0.123. The minimum absolute atomic E-state index is 0.114. The van der Waals surface area contributed by atoms with Crippen molar-refractivity contribution < 1.29 is 9.90 Å². The highest BCUT2D eigenvalue weighted by atomic mass is 16.3. The molecule has 116 valence electrons. The van der Waals surface area contributed by atoms with Crippen LogP contribution in [0.1, 0.15) is 25.7 Å². The summed E-state index contributed by atoms with van der Waals surface area (Å²) >= 11 is 0. The lowest BCUT2D eigenvalue weighted by Gasteiger charge is -2.28. The highest BCUT2D eigenvalue weighted by molar-refractivity contribution is 5.76. The second-order valence-electron chi connectivity index (χ2n) is 5.69. The van der Waals surface area contributed by atoms with Crippen LogP contribution in [0.3, 0.4) is 0 Å². The van der Waals surface area contributed by atoms with Crippen LogP contribution in [0.5, 0.6) is 0 Å². The fourth-order valence-electron chi connectivity index (χ4n) is 2.80. The van der Waals surface area contributed by atoms with Gasteiger partial charge in [0, 0.05) is 5.56 Å². The maximum atomic E-state index is 12.1. The molecule has 1 aliphatic carbocycles. The molecule has 6 heteroatoms. The fourth-order valence-corrected chi connectivity index (χ4v) is 2.80. The van der Waals surface area contributed by atoms with Gasteiger partial charge in [-0.1, -0.05) is 48.4 Å². The van der Waals surface area contributed by atoms with Crippen LogP contribution in [0.15, 0.2) is 36.5 Å². The van der Waals surface area contributed by atoms with Crippen molar-refractivity contribution in [1.29, 1.82) is 0 Å². The molecule has 1 aromatic carbocycles. The normalized spacial score (nSPS) is 21.5. The summed E-state index contributed by atoms with van der Waals surface area (Å²) in [5.74, 6) is -0.143. The monoisotopic (exact) mass is 300 g/mol. The molecule has 0 aliphatic heterocycles. The lowest BCUT2D eigenvalue weighted by Crippen LogP contribution is -2.46. The first kappa shape index (κ1) is 14.7. The Morgan fingerprint density at radius 1 is 1.27 bits per heavy atom. The number of aliphatic hydroxyl groups excluding tert-OH is 1. The molecule has 1 aromatic heterocycles. The van der Waals surface area contributed by atoms with Crippen molar-refractivity contribution in [1.82, 2.24) is 20.3 Å². The van der Waals surface area contributed by atoms with E-state index in [9.17, 15) is 9.90 Å². The topological polar surface area (TPSA) is 80.0 Å². The van der Waals surface area contributed by atoms with Gasteiger partial charge in [0.2, 0.25) is 5.91 Å². The van der Waals surface area contributed by atoms with Gasteiger partial charge >= 0.3 is 0 Å². The summed E-state index contributed by atoms with van der Waals surface area (Å²) in [7, 11) is 0. The van der Waals surface area contributed by atoms with Crippen molar-refractivity contribution in [3.8, 4) is 11.3 Å². The number of hydrogen-bond donors (Lipinski definition) is 2. The molecule has 22 heavy (non-hydrogen) atoms. The van der Waals surface area contributed by atoms with Gasteiger partial charge in [0.1, 0.15) is 12.2 Å². The first-order valence-electron chi connectivity index (χ1n) is 7.65. The van der Waals surface area contributed by atoms with Crippen LogP contribution >= 0.6 is 0 Å². The van der Waals surface area contributed by atoms with E-state index in [2.05, 4.69) is 15.6 Å². The van der Waals surface area contributed by atoms with Gasteiger partial charge in [-0.3, -0.25) is 4.79 Å². The van der Waals surface area contributed by atoms with Crippen molar-refractivity contribution in [2.45, 2.75) is 44.4 Å². The van der Waals surface area contributed by atoms with E-state index in [0.717, 1.165) is 36.9 Å². The van der Waals surface area contributed by atoms with Gasteiger partial charge < -0.3 is 10.4 Å². The third kappa shape index (κ3) is 3.51. The Morgan fingerprint density at radius 2 is 2.05 bits per heavy atom. The van der Waals surface area contributed by atoms with E-state index < -0.39 is 6.10 Å². The van der Waals surface area contributed by atoms with Crippen LogP contribution < -0.4 is 5.32 Å². The molecule has 2 N–H and O–H groups in total. The zero-order valence-corrected chi connectivity index (χ0v) is 12.4. The minimum atomic E-state index is -0.437. The SMILES string of the molecule is O=C(Cn1cc(-c2ccccc2)nn1)NC1CCCCC1O. The van der Waals surface area contributed by atoms with Crippen LogP contribution in [0.25, 0.3) is 11.3 Å². The molecule has 1 amide bonds. The highest BCUT2D eigenvalue weighted by Gasteiger charge is 2.24. The average Bonchev–Trinajstić information content (AvgIpc) is 2.99. The van der Waals surface area contributed by atoms with E-state index in [0.29, 0.717) is 0 Å². The van der Waals surface area contributed by atoms with E-state index >= 15 is 0 Å². The number of nitrogens with one attached hydrogen (secondary N) is 1. The highest BCUT2D eigenvalue weighted by Crippen LogP contribution is 2.18. The predicted octanol–water partition coefficient (Wildman–Crippen LogP) is 1.36. The zero-order valence-electron chi connectivity index (χ0n) is 12.4. The third-order valence-corrected chi connectivity index (χ3v) is 3.99. The van der Waals surface area contributed by atoms with Crippen LogP contribution in [0.2, 0.25) is 0 Å². The average molecular weight is 300 g/mol. The standard InChI is InChI=1S/C16H20N4O2/c21-15-9-5-4-8-13(15)17-16(22)11-20-10-14(18-19-20)12-6-2-1-3-7-12/h1-3,6-7,10,13,15,21H,4-5,8-9,11H2,(H,17,22). The number of benzene rings is 1. The molecular weight excluding hydrogens is 280 g/mol. The number of aromatic nitrogens is 3. The molecule has 2 unspecified atom stereocenters. The second kappa shape index (κ2) is 6.70. The van der Waals surface area contributed by atoms with Crippen LogP contribution in [-0.4, -0.2) is 38.2 Å². The summed E-state index contributed by atoms with van der Waals surface area (Å²) < 4.78 is 1.52. The first-order chi connectivity index (χ1) is 10.7. The number of hydrogen-bond acceptors (Lipinski definition) is 4. The molecule has 0 saturated heterocycles. The summed E-state index contributed by atoms with van der Waals surface area (Å²) in [6.07, 6.45) is 4.98. The maximum absolute atomic E-state index is 12.1. The van der Waals surface area contributed by atoms with Crippen molar-refractivity contribution in [2.75, 3.05) is 0 Å². The van der Waals surface area contributed by atoms with E-state index in [4.69, 9.17) is 0 Å². The molecule has 0 radical (unpaired) electrons. The number of carbonyl (C=O) groups excluding carboxylic acids is 1. The Kier molecular flexibility index (Phi) is 4.48. The van der Waals surface area contributed by atoms with Crippen LogP contribution in [0, 0.1) is 0 Å². The van der Waals surface area contributed by atoms with E-state index in [1.807, 2.05) is 30.3 Å². The number of rotatable bonds is 4. The second-order valence-corrected chi connectivity index (χ2v) is 5.69. The molecular formula is C16H20N4O2. The first-order valence-corrected chi connectivity index (χ1v) is 7.65. The van der Waals surface area contributed by atoms with Gasteiger partial charge in [-0.15, -0.1) is 5.10 Å². The summed E-state index contributed by atoms with van der Waals surface area (Å²) in [4.78, 5) is 12.1. The molecule has 2 atom stereocenters. The number of nitrogens with zero attached hydrogens (tertiary/aromatic N) is 3. The summed E-state index contributed by atoms with van der Waals surface area (Å²) in [6, 6.07) is 9.58. The molecule has 1 fully saturated rings. The lowest BCUT2D eigenvalue weighted by atomic mass is 9.92. The Morgan fingerprint density at radius 3 is 2.82 bits per heavy atom. The maximum Gasteiger partial charge on any atom is 0.242 e. The molecule has 6 nitrogen and oxygen atoms in total.